The molecular weight excluding hydrogens is 280 g/mol. The first-order valence-electron chi connectivity index (χ1n) is 6.09. The zero-order valence-corrected chi connectivity index (χ0v) is 11.7. The summed E-state index contributed by atoms with van der Waals surface area (Å²) in [5.41, 5.74) is 0.532. The van der Waals surface area contributed by atoms with Gasteiger partial charge in [0.05, 0.1) is 11.0 Å². The summed E-state index contributed by atoms with van der Waals surface area (Å²) in [5.74, 6) is 0.287. The Morgan fingerprint density at radius 2 is 2.00 bits per heavy atom. The Labute approximate surface area is 118 Å². The van der Waals surface area contributed by atoms with Crippen molar-refractivity contribution >= 4 is 22.6 Å². The smallest absolute Gasteiger partial charge is 0.323 e. The number of hydrogen-bond donors (Lipinski definition) is 0. The van der Waals surface area contributed by atoms with E-state index in [1.807, 2.05) is 6.92 Å². The second kappa shape index (κ2) is 4.42. The van der Waals surface area contributed by atoms with E-state index in [1.165, 1.54) is 7.05 Å². The summed E-state index contributed by atoms with van der Waals surface area (Å²) in [6.07, 6.45) is 0. The highest BCUT2D eigenvalue weighted by Crippen LogP contribution is 2.23. The molecule has 2 heterocycles. The van der Waals surface area contributed by atoms with Crippen LogP contribution in [-0.4, -0.2) is 19.1 Å². The van der Waals surface area contributed by atoms with Gasteiger partial charge in [-0.1, -0.05) is 11.6 Å². The molecule has 3 rings (SSSR count). The minimum Gasteiger partial charge on any atom is -0.323 e. The molecule has 0 amide bonds. The number of hydrogen-bond acceptors (Lipinski definition) is 4. The van der Waals surface area contributed by atoms with Crippen molar-refractivity contribution in [2.45, 2.75) is 13.5 Å². The van der Waals surface area contributed by atoms with Crippen LogP contribution < -0.4 is 11.2 Å². The monoisotopic (exact) mass is 290 g/mol. The van der Waals surface area contributed by atoms with Gasteiger partial charge in [0.1, 0.15) is 0 Å². The van der Waals surface area contributed by atoms with Crippen LogP contribution in [0.5, 0.6) is 0 Å². The molecule has 6 nitrogen and oxygen atoms in total. The number of nitrogens with zero attached hydrogens (tertiary/aromatic N) is 4. The molecule has 0 bridgehead atoms. The molecule has 0 atom stereocenters. The van der Waals surface area contributed by atoms with Crippen LogP contribution in [0, 0.1) is 0 Å². The third-order valence-electron chi connectivity index (χ3n) is 3.24. The van der Waals surface area contributed by atoms with E-state index in [0.29, 0.717) is 17.1 Å². The molecular formula is C13H11ClN4O2. The van der Waals surface area contributed by atoms with Crippen molar-refractivity contribution in [3.63, 3.8) is 0 Å². The largest absolute Gasteiger partial charge is 0.352 e. The van der Waals surface area contributed by atoms with Crippen molar-refractivity contribution in [1.29, 1.82) is 0 Å². The van der Waals surface area contributed by atoms with Crippen molar-refractivity contribution < 1.29 is 0 Å². The SMILES string of the molecule is CCn1c2nc(=O)n(C)c(=O)c-2nc2ccc(Cl)cc21. The summed E-state index contributed by atoms with van der Waals surface area (Å²) in [4.78, 5) is 32.1. The van der Waals surface area contributed by atoms with E-state index in [9.17, 15) is 9.59 Å². The van der Waals surface area contributed by atoms with E-state index < -0.39 is 11.2 Å². The maximum atomic E-state index is 12.1. The summed E-state index contributed by atoms with van der Waals surface area (Å²) < 4.78 is 2.73. The molecule has 0 saturated carbocycles. The molecule has 1 aromatic carbocycles. The van der Waals surface area contributed by atoms with E-state index in [1.54, 1.807) is 22.8 Å². The van der Waals surface area contributed by atoms with Crippen LogP contribution in [0.4, 0.5) is 0 Å². The van der Waals surface area contributed by atoms with E-state index in [-0.39, 0.29) is 11.5 Å². The topological polar surface area (TPSA) is 69.8 Å². The molecule has 0 aliphatic carbocycles. The zero-order chi connectivity index (χ0) is 14.4. The van der Waals surface area contributed by atoms with Gasteiger partial charge in [-0.25, -0.2) is 9.78 Å². The maximum absolute atomic E-state index is 12.1. The minimum absolute atomic E-state index is 0.184. The number of aryl methyl sites for hydroxylation is 1. The molecule has 7 heteroatoms. The molecule has 1 aromatic rings. The lowest BCUT2D eigenvalue weighted by Crippen LogP contribution is -2.36. The third-order valence-corrected chi connectivity index (χ3v) is 3.47. The van der Waals surface area contributed by atoms with Crippen LogP contribution in [0.2, 0.25) is 5.02 Å². The van der Waals surface area contributed by atoms with Crippen LogP contribution in [0.15, 0.2) is 27.8 Å². The van der Waals surface area contributed by atoms with E-state index >= 15 is 0 Å². The second-order valence-corrected chi connectivity index (χ2v) is 4.86. The molecule has 0 fully saturated rings. The number of benzene rings is 1. The zero-order valence-electron chi connectivity index (χ0n) is 10.9. The van der Waals surface area contributed by atoms with Gasteiger partial charge >= 0.3 is 5.69 Å². The normalized spacial score (nSPS) is 11.3. The standard InChI is InChI=1S/C13H11ClN4O2/c1-3-18-9-6-7(14)4-5-8(9)15-10-11(18)16-13(20)17(2)12(10)19/h4-6H,3H2,1-2H3. The molecule has 0 aromatic heterocycles. The lowest BCUT2D eigenvalue weighted by atomic mass is 10.2. The summed E-state index contributed by atoms with van der Waals surface area (Å²) in [5, 5.41) is 0.562. The van der Waals surface area contributed by atoms with E-state index in [0.717, 1.165) is 10.1 Å². The highest BCUT2D eigenvalue weighted by Gasteiger charge is 2.19. The number of halogens is 1. The van der Waals surface area contributed by atoms with Gasteiger partial charge in [0.15, 0.2) is 11.5 Å². The van der Waals surface area contributed by atoms with E-state index in [2.05, 4.69) is 9.97 Å². The quantitative estimate of drug-likeness (QED) is 0.633. The van der Waals surface area contributed by atoms with Crippen molar-refractivity contribution in [2.75, 3.05) is 0 Å². The maximum Gasteiger partial charge on any atom is 0.352 e. The average Bonchev–Trinajstić information content (AvgIpc) is 2.43. The predicted octanol–water partition coefficient (Wildman–Crippen LogP) is 1.27. The molecule has 0 saturated heterocycles. The Morgan fingerprint density at radius 1 is 1.25 bits per heavy atom. The van der Waals surface area contributed by atoms with Crippen LogP contribution in [0.25, 0.3) is 22.6 Å². The van der Waals surface area contributed by atoms with Crippen LogP contribution >= 0.6 is 11.6 Å². The highest BCUT2D eigenvalue weighted by atomic mass is 35.5. The highest BCUT2D eigenvalue weighted by molar-refractivity contribution is 6.31. The molecule has 0 N–H and O–H groups in total. The fourth-order valence-electron chi connectivity index (χ4n) is 2.21. The Hall–Kier alpha value is -2.21. The molecule has 2 aliphatic rings. The van der Waals surface area contributed by atoms with Gasteiger partial charge in [-0.15, -0.1) is 0 Å². The lowest BCUT2D eigenvalue weighted by Gasteiger charge is -2.15. The first-order valence-corrected chi connectivity index (χ1v) is 6.47. The van der Waals surface area contributed by atoms with Crippen molar-refractivity contribution in [3.8, 4) is 11.5 Å². The molecule has 102 valence electrons. The molecule has 0 radical (unpaired) electrons. The minimum atomic E-state index is -0.590. The average molecular weight is 291 g/mol. The molecule has 20 heavy (non-hydrogen) atoms. The lowest BCUT2D eigenvalue weighted by molar-refractivity contribution is 0.717. The first-order chi connectivity index (χ1) is 9.52. The third kappa shape index (κ3) is 1.72. The fourth-order valence-corrected chi connectivity index (χ4v) is 2.37. The van der Waals surface area contributed by atoms with Gasteiger partial charge < -0.3 is 4.57 Å². The summed E-state index contributed by atoms with van der Waals surface area (Å²) in [6, 6.07) is 5.20. The van der Waals surface area contributed by atoms with Crippen LogP contribution in [0.3, 0.4) is 0 Å². The number of fused-ring (bicyclic) bond motifs is 2. The molecule has 0 unspecified atom stereocenters. The van der Waals surface area contributed by atoms with Gasteiger partial charge in [-0.05, 0) is 25.1 Å². The van der Waals surface area contributed by atoms with Gasteiger partial charge in [-0.3, -0.25) is 9.36 Å². The van der Waals surface area contributed by atoms with Gasteiger partial charge in [0.2, 0.25) is 0 Å². The van der Waals surface area contributed by atoms with Crippen LogP contribution in [0.1, 0.15) is 6.92 Å². The summed E-state index contributed by atoms with van der Waals surface area (Å²) in [7, 11) is 1.39. The Bertz CT molecular complexity index is 913. The van der Waals surface area contributed by atoms with Crippen molar-refractivity contribution in [2.24, 2.45) is 7.05 Å². The van der Waals surface area contributed by atoms with Crippen LogP contribution in [-0.2, 0) is 13.6 Å². The van der Waals surface area contributed by atoms with E-state index in [4.69, 9.17) is 11.6 Å². The number of aromatic nitrogens is 4. The van der Waals surface area contributed by atoms with Crippen molar-refractivity contribution in [3.05, 3.63) is 44.1 Å². The second-order valence-electron chi connectivity index (χ2n) is 4.42. The van der Waals surface area contributed by atoms with Crippen molar-refractivity contribution in [1.82, 2.24) is 19.1 Å². The fraction of sp³-hybridized carbons (Fsp3) is 0.231. The van der Waals surface area contributed by atoms with Gasteiger partial charge in [0, 0.05) is 18.6 Å². The predicted molar refractivity (Wildman–Crippen MR) is 76.3 cm³/mol. The Kier molecular flexibility index (Phi) is 2.83. The Balaban J connectivity index is 2.62. The van der Waals surface area contributed by atoms with Gasteiger partial charge in [0.25, 0.3) is 5.56 Å². The summed E-state index contributed by atoms with van der Waals surface area (Å²) >= 11 is 6.00. The molecule has 2 aliphatic heterocycles. The van der Waals surface area contributed by atoms with Gasteiger partial charge in [-0.2, -0.15) is 4.98 Å². The first kappa shape index (κ1) is 12.8. The number of rotatable bonds is 1. The molecule has 0 spiro atoms. The summed E-state index contributed by atoms with van der Waals surface area (Å²) in [6.45, 7) is 2.46. The Morgan fingerprint density at radius 3 is 2.70 bits per heavy atom.